The summed E-state index contributed by atoms with van der Waals surface area (Å²) in [7, 11) is 1.54. The van der Waals surface area contributed by atoms with Crippen LogP contribution in [0.3, 0.4) is 0 Å². The number of hydrogen-bond acceptors (Lipinski definition) is 6. The number of nitrogens with one attached hydrogen (secondary N) is 1. The predicted molar refractivity (Wildman–Crippen MR) is 93.7 cm³/mol. The first-order valence-corrected chi connectivity index (χ1v) is 7.75. The SMILES string of the molecule is CN=[N+]=Nc1cc(Cc2ccc(NC(=O)OC(C)(C)C)cc2)ncn1. The highest BCUT2D eigenvalue weighted by Crippen LogP contribution is 2.16. The summed E-state index contributed by atoms with van der Waals surface area (Å²) in [4.78, 5) is 23.5. The molecule has 8 heteroatoms. The third-order valence-electron chi connectivity index (χ3n) is 2.93. The third-order valence-corrected chi connectivity index (χ3v) is 2.93. The lowest BCUT2D eigenvalue weighted by atomic mass is 10.1. The molecule has 130 valence electrons. The monoisotopic (exact) mass is 341 g/mol. The molecule has 1 heterocycles. The molecule has 0 unspecified atom stereocenters. The number of aromatic nitrogens is 2. The van der Waals surface area contributed by atoms with E-state index < -0.39 is 11.7 Å². The van der Waals surface area contributed by atoms with Gasteiger partial charge >= 0.3 is 6.09 Å². The van der Waals surface area contributed by atoms with Crippen molar-refractivity contribution in [3.05, 3.63) is 47.9 Å². The molecular weight excluding hydrogens is 320 g/mol. The molecule has 25 heavy (non-hydrogen) atoms. The van der Waals surface area contributed by atoms with Gasteiger partial charge in [-0.15, -0.1) is 0 Å². The Morgan fingerprint density at radius 3 is 2.60 bits per heavy atom. The van der Waals surface area contributed by atoms with E-state index in [4.69, 9.17) is 4.74 Å². The highest BCUT2D eigenvalue weighted by molar-refractivity contribution is 5.84. The summed E-state index contributed by atoms with van der Waals surface area (Å²) in [5, 5.41) is 10.1. The predicted octanol–water partition coefficient (Wildman–Crippen LogP) is 3.65. The lowest BCUT2D eigenvalue weighted by Crippen LogP contribution is -2.27. The summed E-state index contributed by atoms with van der Waals surface area (Å²) in [5.74, 6) is 0.457. The van der Waals surface area contributed by atoms with E-state index in [1.165, 1.54) is 6.33 Å². The molecule has 0 spiro atoms. The van der Waals surface area contributed by atoms with Crippen molar-refractivity contribution in [1.82, 2.24) is 14.9 Å². The van der Waals surface area contributed by atoms with Crippen LogP contribution in [0, 0.1) is 0 Å². The number of hydrogen-bond donors (Lipinski definition) is 1. The van der Waals surface area contributed by atoms with Crippen molar-refractivity contribution in [3.8, 4) is 0 Å². The van der Waals surface area contributed by atoms with Gasteiger partial charge in [-0.2, -0.15) is 0 Å². The van der Waals surface area contributed by atoms with Crippen molar-refractivity contribution in [3.63, 3.8) is 0 Å². The molecule has 0 bridgehead atoms. The van der Waals surface area contributed by atoms with Crippen LogP contribution in [0.1, 0.15) is 32.0 Å². The zero-order valence-corrected chi connectivity index (χ0v) is 14.7. The van der Waals surface area contributed by atoms with E-state index in [0.29, 0.717) is 17.9 Å². The maximum Gasteiger partial charge on any atom is 0.412 e. The van der Waals surface area contributed by atoms with Gasteiger partial charge in [0.1, 0.15) is 24.1 Å². The lowest BCUT2D eigenvalue weighted by Gasteiger charge is -2.19. The van der Waals surface area contributed by atoms with Gasteiger partial charge in [-0.3, -0.25) is 5.32 Å². The molecular formula is C17H21N6O2+. The Balaban J connectivity index is 2.01. The standard InChI is InChI=1S/C17H20N6O2/c1-17(2,3)25-16(24)21-13-7-5-12(6-8-13)9-14-10-15(20-11-19-14)22-23-18-4/h5-8,10-11H,9H2,1-4H3/p+1. The Kier molecular flexibility index (Phi) is 5.92. The van der Waals surface area contributed by atoms with Gasteiger partial charge in [0.05, 0.1) is 5.69 Å². The number of benzene rings is 1. The summed E-state index contributed by atoms with van der Waals surface area (Å²) >= 11 is 0. The molecule has 2 rings (SSSR count). The van der Waals surface area contributed by atoms with Crippen LogP contribution in [-0.2, 0) is 11.2 Å². The fourth-order valence-corrected chi connectivity index (χ4v) is 1.96. The van der Waals surface area contributed by atoms with Crippen molar-refractivity contribution >= 4 is 17.6 Å². The number of carbonyl (C=O) groups is 1. The van der Waals surface area contributed by atoms with Crippen molar-refractivity contribution < 1.29 is 9.53 Å². The van der Waals surface area contributed by atoms with Crippen LogP contribution in [0.4, 0.5) is 16.3 Å². The molecule has 0 aliphatic carbocycles. The van der Waals surface area contributed by atoms with E-state index in [-0.39, 0.29) is 0 Å². The second-order valence-electron chi connectivity index (χ2n) is 6.26. The van der Waals surface area contributed by atoms with E-state index in [9.17, 15) is 4.79 Å². The molecule has 0 atom stereocenters. The van der Waals surface area contributed by atoms with Crippen LogP contribution in [0.5, 0.6) is 0 Å². The smallest absolute Gasteiger partial charge is 0.412 e. The van der Waals surface area contributed by atoms with Crippen LogP contribution in [0.25, 0.3) is 0 Å². The summed E-state index contributed by atoms with van der Waals surface area (Å²) in [6.45, 7) is 5.46. The minimum atomic E-state index is -0.531. The zero-order chi connectivity index (χ0) is 18.3. The fraction of sp³-hybridized carbons (Fsp3) is 0.353. The highest BCUT2D eigenvalue weighted by atomic mass is 16.6. The van der Waals surface area contributed by atoms with Crippen molar-refractivity contribution in [2.24, 2.45) is 10.2 Å². The minimum absolute atomic E-state index is 0.457. The fourth-order valence-electron chi connectivity index (χ4n) is 1.96. The van der Waals surface area contributed by atoms with Crippen LogP contribution in [0.15, 0.2) is 46.9 Å². The average Bonchev–Trinajstić information content (AvgIpc) is 2.53. The molecule has 1 aromatic heterocycles. The average molecular weight is 341 g/mol. The number of carbonyl (C=O) groups excluding carboxylic acids is 1. The van der Waals surface area contributed by atoms with Crippen molar-refractivity contribution in [2.75, 3.05) is 12.4 Å². The Morgan fingerprint density at radius 1 is 1.24 bits per heavy atom. The van der Waals surface area contributed by atoms with Gasteiger partial charge in [0.15, 0.2) is 5.11 Å². The Labute approximate surface area is 146 Å². The Bertz CT molecular complexity index is 790. The third kappa shape index (κ3) is 6.48. The zero-order valence-electron chi connectivity index (χ0n) is 14.7. The van der Waals surface area contributed by atoms with E-state index in [0.717, 1.165) is 11.3 Å². The lowest BCUT2D eigenvalue weighted by molar-refractivity contribution is 0.0636. The number of ether oxygens (including phenoxy) is 1. The van der Waals surface area contributed by atoms with Crippen LogP contribution in [0.2, 0.25) is 0 Å². The summed E-state index contributed by atoms with van der Waals surface area (Å²) < 4.78 is 5.22. The summed E-state index contributed by atoms with van der Waals surface area (Å²) in [6.07, 6.45) is 1.58. The van der Waals surface area contributed by atoms with E-state index in [2.05, 4.69) is 30.4 Å². The van der Waals surface area contributed by atoms with Gasteiger partial charge in [-0.25, -0.2) is 14.8 Å². The molecule has 0 aliphatic rings. The number of nitrogens with zero attached hydrogens (tertiary/aromatic N) is 5. The number of anilines is 1. The van der Waals surface area contributed by atoms with Gasteiger partial charge < -0.3 is 4.74 Å². The summed E-state index contributed by atoms with van der Waals surface area (Å²) in [5.41, 5.74) is 1.99. The Hall–Kier alpha value is -3.12. The first-order valence-electron chi connectivity index (χ1n) is 7.75. The Morgan fingerprint density at radius 2 is 1.96 bits per heavy atom. The molecule has 0 saturated heterocycles. The molecule has 0 aliphatic heterocycles. The largest absolute Gasteiger partial charge is 0.444 e. The molecule has 1 aromatic carbocycles. The van der Waals surface area contributed by atoms with Crippen molar-refractivity contribution in [1.29, 1.82) is 0 Å². The second kappa shape index (κ2) is 8.12. The molecule has 0 fully saturated rings. The highest BCUT2D eigenvalue weighted by Gasteiger charge is 2.16. The molecule has 1 amide bonds. The van der Waals surface area contributed by atoms with Gasteiger partial charge in [-0.05, 0) is 38.5 Å². The van der Waals surface area contributed by atoms with Crippen LogP contribution in [-0.4, -0.2) is 28.7 Å². The maximum atomic E-state index is 11.8. The van der Waals surface area contributed by atoms with Gasteiger partial charge in [0.25, 0.3) is 0 Å². The molecule has 0 radical (unpaired) electrons. The molecule has 2 aromatic rings. The quantitative estimate of drug-likeness (QED) is 0.677. The topological polar surface area (TPSA) is 103 Å². The minimum Gasteiger partial charge on any atom is -0.444 e. The van der Waals surface area contributed by atoms with Crippen LogP contribution < -0.4 is 10.2 Å². The van der Waals surface area contributed by atoms with Crippen molar-refractivity contribution in [2.45, 2.75) is 32.8 Å². The molecule has 0 saturated carbocycles. The first kappa shape index (κ1) is 18.2. The van der Waals surface area contributed by atoms with E-state index in [1.54, 1.807) is 13.1 Å². The molecule has 1 N–H and O–H groups in total. The van der Waals surface area contributed by atoms with Gasteiger partial charge in [0.2, 0.25) is 10.7 Å². The second-order valence-corrected chi connectivity index (χ2v) is 6.26. The maximum absolute atomic E-state index is 11.8. The summed E-state index contributed by atoms with van der Waals surface area (Å²) in [6, 6.07) is 9.21. The normalized spacial score (nSPS) is 10.6. The van der Waals surface area contributed by atoms with Gasteiger partial charge in [0, 0.05) is 18.2 Å². The van der Waals surface area contributed by atoms with Gasteiger partial charge in [-0.1, -0.05) is 12.1 Å². The van der Waals surface area contributed by atoms with E-state index >= 15 is 0 Å². The number of amides is 1. The van der Waals surface area contributed by atoms with E-state index in [1.807, 2.05) is 45.0 Å². The number of rotatable bonds is 4. The van der Waals surface area contributed by atoms with Crippen LogP contribution >= 0.6 is 0 Å². The molecule has 8 nitrogen and oxygen atoms in total. The first-order chi connectivity index (χ1) is 11.9.